The highest BCUT2D eigenvalue weighted by atomic mass is 19.4. The normalized spacial score (nSPS) is 11.8. The van der Waals surface area contributed by atoms with Crippen LogP contribution in [0.3, 0.4) is 0 Å². The van der Waals surface area contributed by atoms with E-state index in [4.69, 9.17) is 0 Å². The van der Waals surface area contributed by atoms with Gasteiger partial charge < -0.3 is 0 Å². The van der Waals surface area contributed by atoms with E-state index in [2.05, 4.69) is 20.4 Å². The molecule has 0 aliphatic carbocycles. The minimum Gasteiger partial charge on any atom is -0.295 e. The predicted molar refractivity (Wildman–Crippen MR) is 89.1 cm³/mol. The number of nitrogens with zero attached hydrogens (tertiary/aromatic N) is 3. The second-order valence-electron chi connectivity index (χ2n) is 5.36. The molecule has 0 radical (unpaired) electrons. The number of rotatable bonds is 4. The molecule has 0 aliphatic rings. The molecule has 0 aliphatic heterocycles. The van der Waals surface area contributed by atoms with Gasteiger partial charge in [-0.2, -0.15) is 18.3 Å². The molecule has 3 aromatic rings. The van der Waals surface area contributed by atoms with Gasteiger partial charge in [-0.25, -0.2) is 0 Å². The second-order valence-corrected chi connectivity index (χ2v) is 5.36. The van der Waals surface area contributed by atoms with Crippen LogP contribution < -0.4 is 5.56 Å². The first-order valence-electron chi connectivity index (χ1n) is 7.40. The summed E-state index contributed by atoms with van der Waals surface area (Å²) in [5.41, 5.74) is -1.67. The van der Waals surface area contributed by atoms with E-state index in [1.54, 1.807) is 0 Å². The fourth-order valence-corrected chi connectivity index (χ4v) is 2.28. The van der Waals surface area contributed by atoms with Gasteiger partial charge >= 0.3 is 6.18 Å². The third-order valence-electron chi connectivity index (χ3n) is 3.54. The average Bonchev–Trinajstić information content (AvgIpc) is 3.00. The van der Waals surface area contributed by atoms with Crippen molar-refractivity contribution in [2.75, 3.05) is 0 Å². The zero-order chi connectivity index (χ0) is 19.6. The number of aromatic amines is 2. The lowest BCUT2D eigenvalue weighted by Gasteiger charge is -2.05. The third-order valence-corrected chi connectivity index (χ3v) is 3.54. The lowest BCUT2D eigenvalue weighted by molar-refractivity contribution is -0.384. The molecule has 0 saturated heterocycles. The van der Waals surface area contributed by atoms with Crippen LogP contribution in [-0.4, -0.2) is 15.1 Å². The van der Waals surface area contributed by atoms with Gasteiger partial charge in [0, 0.05) is 17.7 Å². The standard InChI is InChI=1S/C16H10F3N5O3/c17-16(18,19)10-4-2-5-11(8-10)20-22-14-13(21-23-15(14)25)9-3-1-6-12(7-9)24(26)27/h1-8H,(H2,21,23,25). The summed E-state index contributed by atoms with van der Waals surface area (Å²) in [5.74, 6) is 0. The molecule has 27 heavy (non-hydrogen) atoms. The summed E-state index contributed by atoms with van der Waals surface area (Å²) in [6.07, 6.45) is -4.54. The van der Waals surface area contributed by atoms with E-state index in [0.717, 1.165) is 12.1 Å². The molecular formula is C16H10F3N5O3. The fourth-order valence-electron chi connectivity index (χ4n) is 2.28. The van der Waals surface area contributed by atoms with Crippen LogP contribution in [0.1, 0.15) is 5.56 Å². The first-order chi connectivity index (χ1) is 12.8. The molecule has 1 aromatic heterocycles. The summed E-state index contributed by atoms with van der Waals surface area (Å²) in [4.78, 5) is 22.2. The Hall–Kier alpha value is -3.76. The Morgan fingerprint density at radius 1 is 1.00 bits per heavy atom. The van der Waals surface area contributed by atoms with Gasteiger partial charge in [0.1, 0.15) is 0 Å². The van der Waals surface area contributed by atoms with Crippen molar-refractivity contribution in [2.45, 2.75) is 6.18 Å². The van der Waals surface area contributed by atoms with Crippen molar-refractivity contribution in [2.24, 2.45) is 10.2 Å². The Kier molecular flexibility index (Phi) is 4.59. The van der Waals surface area contributed by atoms with E-state index in [1.807, 2.05) is 0 Å². The highest BCUT2D eigenvalue weighted by Gasteiger charge is 2.30. The molecule has 0 bridgehead atoms. The van der Waals surface area contributed by atoms with Crippen LogP contribution in [0.2, 0.25) is 0 Å². The number of benzene rings is 2. The number of alkyl halides is 3. The lowest BCUT2D eigenvalue weighted by atomic mass is 10.1. The van der Waals surface area contributed by atoms with Gasteiger partial charge in [-0.05, 0) is 18.2 Å². The molecule has 8 nitrogen and oxygen atoms in total. The molecule has 1 heterocycles. The topological polar surface area (TPSA) is 117 Å². The van der Waals surface area contributed by atoms with Crippen molar-refractivity contribution < 1.29 is 18.1 Å². The van der Waals surface area contributed by atoms with Crippen molar-refractivity contribution in [3.8, 4) is 11.3 Å². The molecule has 2 N–H and O–H groups in total. The maximum Gasteiger partial charge on any atom is 0.416 e. The number of nitro groups is 1. The van der Waals surface area contributed by atoms with Crippen LogP contribution in [0.5, 0.6) is 0 Å². The van der Waals surface area contributed by atoms with Crippen molar-refractivity contribution in [3.63, 3.8) is 0 Å². The molecule has 11 heteroatoms. The molecule has 0 saturated carbocycles. The van der Waals surface area contributed by atoms with E-state index in [9.17, 15) is 28.1 Å². The fraction of sp³-hybridized carbons (Fsp3) is 0.0625. The van der Waals surface area contributed by atoms with Crippen LogP contribution in [0, 0.1) is 10.1 Å². The Labute approximate surface area is 148 Å². The number of nitrogens with one attached hydrogen (secondary N) is 2. The lowest BCUT2D eigenvalue weighted by Crippen LogP contribution is -2.03. The van der Waals surface area contributed by atoms with Crippen LogP contribution in [0.4, 0.5) is 30.2 Å². The van der Waals surface area contributed by atoms with E-state index in [-0.39, 0.29) is 22.8 Å². The van der Waals surface area contributed by atoms with E-state index in [1.165, 1.54) is 36.4 Å². The van der Waals surface area contributed by atoms with Gasteiger partial charge in [-0.15, -0.1) is 5.11 Å². The molecule has 138 valence electrons. The molecule has 0 fully saturated rings. The Morgan fingerprint density at radius 2 is 1.74 bits per heavy atom. The molecule has 0 spiro atoms. The summed E-state index contributed by atoms with van der Waals surface area (Å²) in [5, 5.41) is 23.1. The van der Waals surface area contributed by atoms with E-state index < -0.39 is 22.2 Å². The summed E-state index contributed by atoms with van der Waals surface area (Å²) < 4.78 is 38.2. The van der Waals surface area contributed by atoms with E-state index >= 15 is 0 Å². The number of nitro benzene ring substituents is 1. The number of hydrogen-bond donors (Lipinski definition) is 2. The number of non-ortho nitro benzene ring substituents is 1. The molecule has 3 rings (SSSR count). The maximum atomic E-state index is 12.7. The average molecular weight is 377 g/mol. The smallest absolute Gasteiger partial charge is 0.295 e. The largest absolute Gasteiger partial charge is 0.416 e. The van der Waals surface area contributed by atoms with Crippen LogP contribution in [0.15, 0.2) is 63.6 Å². The van der Waals surface area contributed by atoms with Gasteiger partial charge in [0.25, 0.3) is 11.2 Å². The van der Waals surface area contributed by atoms with Crippen molar-refractivity contribution in [1.82, 2.24) is 10.2 Å². The maximum absolute atomic E-state index is 12.7. The van der Waals surface area contributed by atoms with E-state index in [0.29, 0.717) is 5.56 Å². The monoisotopic (exact) mass is 377 g/mol. The predicted octanol–water partition coefficient (Wildman–Crippen LogP) is 4.71. The van der Waals surface area contributed by atoms with Gasteiger partial charge in [-0.3, -0.25) is 25.1 Å². The van der Waals surface area contributed by atoms with Crippen molar-refractivity contribution in [3.05, 3.63) is 74.6 Å². The van der Waals surface area contributed by atoms with Crippen molar-refractivity contribution in [1.29, 1.82) is 0 Å². The quantitative estimate of drug-likeness (QED) is 0.389. The summed E-state index contributed by atoms with van der Waals surface area (Å²) in [6.45, 7) is 0. The molecule has 0 atom stereocenters. The summed E-state index contributed by atoms with van der Waals surface area (Å²) in [7, 11) is 0. The highest BCUT2D eigenvalue weighted by Crippen LogP contribution is 2.32. The Morgan fingerprint density at radius 3 is 2.44 bits per heavy atom. The Balaban J connectivity index is 1.99. The number of aromatic nitrogens is 2. The number of hydrogen-bond acceptors (Lipinski definition) is 5. The minimum absolute atomic E-state index is 0.101. The summed E-state index contributed by atoms with van der Waals surface area (Å²) >= 11 is 0. The zero-order valence-corrected chi connectivity index (χ0v) is 13.3. The zero-order valence-electron chi connectivity index (χ0n) is 13.3. The van der Waals surface area contributed by atoms with Crippen LogP contribution >= 0.6 is 0 Å². The third kappa shape index (κ3) is 3.92. The van der Waals surface area contributed by atoms with Gasteiger partial charge in [0.15, 0.2) is 5.69 Å². The van der Waals surface area contributed by atoms with Gasteiger partial charge in [-0.1, -0.05) is 18.2 Å². The molecule has 0 unspecified atom stereocenters. The van der Waals surface area contributed by atoms with Crippen LogP contribution in [-0.2, 0) is 6.18 Å². The first-order valence-corrected chi connectivity index (χ1v) is 7.40. The van der Waals surface area contributed by atoms with Crippen LogP contribution in [0.25, 0.3) is 11.3 Å². The second kappa shape index (κ2) is 6.86. The number of halogens is 3. The number of azo groups is 1. The first kappa shape index (κ1) is 18.0. The van der Waals surface area contributed by atoms with Gasteiger partial charge in [0.2, 0.25) is 0 Å². The van der Waals surface area contributed by atoms with Crippen molar-refractivity contribution >= 4 is 17.1 Å². The molecule has 0 amide bonds. The Bertz CT molecular complexity index is 1090. The van der Waals surface area contributed by atoms with Gasteiger partial charge in [0.05, 0.1) is 21.9 Å². The highest BCUT2D eigenvalue weighted by molar-refractivity contribution is 5.72. The molecule has 2 aromatic carbocycles. The summed E-state index contributed by atoms with van der Waals surface area (Å²) in [6, 6.07) is 9.57. The molecular weight excluding hydrogens is 367 g/mol. The SMILES string of the molecule is O=c1[nH][nH]c(-c2cccc([N+](=O)[O-])c2)c1N=Nc1cccc(C(F)(F)F)c1. The number of H-pyrrole nitrogens is 2. The minimum atomic E-state index is -4.54.